The maximum absolute atomic E-state index is 11.0. The van der Waals surface area contributed by atoms with Gasteiger partial charge in [0.2, 0.25) is 5.91 Å². The van der Waals surface area contributed by atoms with Crippen LogP contribution in [-0.4, -0.2) is 29.6 Å². The molecule has 1 aromatic carbocycles. The van der Waals surface area contributed by atoms with E-state index in [4.69, 9.17) is 11.6 Å². The van der Waals surface area contributed by atoms with Crippen LogP contribution < -0.4 is 10.6 Å². The van der Waals surface area contributed by atoms with Crippen molar-refractivity contribution in [3.8, 4) is 0 Å². The van der Waals surface area contributed by atoms with Gasteiger partial charge in [-0.1, -0.05) is 29.8 Å². The van der Waals surface area contributed by atoms with Crippen LogP contribution in [0.5, 0.6) is 0 Å². The summed E-state index contributed by atoms with van der Waals surface area (Å²) in [6, 6.07) is 8.07. The van der Waals surface area contributed by atoms with Gasteiger partial charge in [-0.05, 0) is 31.7 Å². The second kappa shape index (κ2) is 7.78. The van der Waals surface area contributed by atoms with Gasteiger partial charge in [-0.2, -0.15) is 0 Å². The third kappa shape index (κ3) is 4.99. The predicted molar refractivity (Wildman–Crippen MR) is 84.3 cm³/mol. The van der Waals surface area contributed by atoms with Crippen LogP contribution in [0.25, 0.3) is 0 Å². The molecule has 0 heterocycles. The standard InChI is InChI=1S/C16H23ClN2O2/c1-11(20)19-13-8-6-12(7-9-13)18-10-16(21)14-4-2-3-5-15(14)17/h2-5,12-13,16,18,21H,6-10H2,1H3,(H,19,20)/t12?,13?,16-/m0/s1. The van der Waals surface area contributed by atoms with Crippen molar-refractivity contribution in [1.82, 2.24) is 10.6 Å². The minimum atomic E-state index is -0.591. The van der Waals surface area contributed by atoms with E-state index in [1.807, 2.05) is 18.2 Å². The van der Waals surface area contributed by atoms with Gasteiger partial charge in [0.05, 0.1) is 6.10 Å². The van der Waals surface area contributed by atoms with E-state index in [1.165, 1.54) is 0 Å². The Morgan fingerprint density at radius 3 is 2.52 bits per heavy atom. The lowest BCUT2D eigenvalue weighted by atomic mass is 9.91. The Bertz CT molecular complexity index is 473. The number of aliphatic hydroxyl groups is 1. The van der Waals surface area contributed by atoms with Gasteiger partial charge in [-0.3, -0.25) is 4.79 Å². The molecule has 0 spiro atoms. The van der Waals surface area contributed by atoms with Crippen molar-refractivity contribution in [3.05, 3.63) is 34.9 Å². The fraction of sp³-hybridized carbons (Fsp3) is 0.562. The molecular weight excluding hydrogens is 288 g/mol. The van der Waals surface area contributed by atoms with Gasteiger partial charge >= 0.3 is 0 Å². The first-order chi connectivity index (χ1) is 10.1. The van der Waals surface area contributed by atoms with Gasteiger partial charge in [0.15, 0.2) is 0 Å². The molecule has 5 heteroatoms. The van der Waals surface area contributed by atoms with Crippen LogP contribution in [0.1, 0.15) is 44.3 Å². The van der Waals surface area contributed by atoms with Crippen molar-refractivity contribution >= 4 is 17.5 Å². The first-order valence-electron chi connectivity index (χ1n) is 7.49. The molecule has 3 N–H and O–H groups in total. The number of hydrogen-bond acceptors (Lipinski definition) is 3. The number of amides is 1. The summed E-state index contributed by atoms with van der Waals surface area (Å²) >= 11 is 6.08. The van der Waals surface area contributed by atoms with Crippen molar-refractivity contribution in [2.45, 2.75) is 50.8 Å². The Morgan fingerprint density at radius 1 is 1.29 bits per heavy atom. The second-order valence-corrected chi connectivity index (χ2v) is 6.10. The van der Waals surface area contributed by atoms with Crippen molar-refractivity contribution in [2.75, 3.05) is 6.54 Å². The van der Waals surface area contributed by atoms with Gasteiger partial charge in [-0.15, -0.1) is 0 Å². The van der Waals surface area contributed by atoms with Crippen molar-refractivity contribution < 1.29 is 9.90 Å². The van der Waals surface area contributed by atoms with E-state index in [1.54, 1.807) is 13.0 Å². The molecule has 1 fully saturated rings. The van der Waals surface area contributed by atoms with Gasteiger partial charge in [0, 0.05) is 36.1 Å². The molecule has 1 saturated carbocycles. The molecule has 2 rings (SSSR count). The normalized spacial score (nSPS) is 23.6. The highest BCUT2D eigenvalue weighted by atomic mass is 35.5. The SMILES string of the molecule is CC(=O)NC1CCC(NC[C@H](O)c2ccccc2Cl)CC1. The highest BCUT2D eigenvalue weighted by Gasteiger charge is 2.22. The number of carbonyl (C=O) groups excluding carboxylic acids is 1. The molecule has 1 aromatic rings. The second-order valence-electron chi connectivity index (χ2n) is 5.69. The summed E-state index contributed by atoms with van der Waals surface area (Å²) in [6.45, 7) is 2.06. The summed E-state index contributed by atoms with van der Waals surface area (Å²) in [5.41, 5.74) is 0.763. The summed E-state index contributed by atoms with van der Waals surface area (Å²) in [4.78, 5) is 11.0. The summed E-state index contributed by atoms with van der Waals surface area (Å²) < 4.78 is 0. The molecule has 0 saturated heterocycles. The molecule has 1 atom stereocenters. The molecule has 0 bridgehead atoms. The smallest absolute Gasteiger partial charge is 0.217 e. The van der Waals surface area contributed by atoms with Crippen molar-refractivity contribution in [2.24, 2.45) is 0 Å². The van der Waals surface area contributed by atoms with Crippen LogP contribution in [0, 0.1) is 0 Å². The third-order valence-corrected chi connectivity index (χ3v) is 4.34. The Labute approximate surface area is 130 Å². The van der Waals surface area contributed by atoms with E-state index >= 15 is 0 Å². The van der Waals surface area contributed by atoms with E-state index in [9.17, 15) is 9.90 Å². The van der Waals surface area contributed by atoms with Crippen LogP contribution in [-0.2, 0) is 4.79 Å². The van der Waals surface area contributed by atoms with Gasteiger partial charge < -0.3 is 15.7 Å². The summed E-state index contributed by atoms with van der Waals surface area (Å²) in [6.07, 6.45) is 3.41. The number of hydrogen-bond donors (Lipinski definition) is 3. The molecule has 0 unspecified atom stereocenters. The fourth-order valence-electron chi connectivity index (χ4n) is 2.86. The van der Waals surface area contributed by atoms with E-state index in [-0.39, 0.29) is 5.91 Å². The number of halogens is 1. The quantitative estimate of drug-likeness (QED) is 0.782. The number of rotatable bonds is 5. The first kappa shape index (κ1) is 16.3. The number of nitrogens with one attached hydrogen (secondary N) is 2. The van der Waals surface area contributed by atoms with E-state index in [0.717, 1.165) is 31.2 Å². The average Bonchev–Trinajstić information content (AvgIpc) is 2.46. The summed E-state index contributed by atoms with van der Waals surface area (Å²) in [5, 5.41) is 17.2. The van der Waals surface area contributed by atoms with E-state index in [0.29, 0.717) is 23.7 Å². The van der Waals surface area contributed by atoms with Crippen LogP contribution in [0.15, 0.2) is 24.3 Å². The molecule has 1 aliphatic carbocycles. The number of aliphatic hydroxyl groups excluding tert-OH is 1. The molecule has 116 valence electrons. The van der Waals surface area contributed by atoms with E-state index < -0.39 is 6.10 Å². The van der Waals surface area contributed by atoms with Crippen LogP contribution in [0.3, 0.4) is 0 Å². The molecule has 1 amide bonds. The zero-order chi connectivity index (χ0) is 15.2. The predicted octanol–water partition coefficient (Wildman–Crippen LogP) is 2.41. The molecule has 0 aliphatic heterocycles. The van der Waals surface area contributed by atoms with Gasteiger partial charge in [0.25, 0.3) is 0 Å². The Hall–Kier alpha value is -1.10. The van der Waals surface area contributed by atoms with Gasteiger partial charge in [-0.25, -0.2) is 0 Å². The maximum atomic E-state index is 11.0. The topological polar surface area (TPSA) is 61.4 Å². The molecular formula is C16H23ClN2O2. The number of benzene rings is 1. The lowest BCUT2D eigenvalue weighted by Crippen LogP contribution is -2.42. The molecule has 0 radical (unpaired) electrons. The molecule has 4 nitrogen and oxygen atoms in total. The Morgan fingerprint density at radius 2 is 1.90 bits per heavy atom. The maximum Gasteiger partial charge on any atom is 0.217 e. The lowest BCUT2D eigenvalue weighted by molar-refractivity contribution is -0.119. The molecule has 0 aromatic heterocycles. The first-order valence-corrected chi connectivity index (χ1v) is 7.87. The van der Waals surface area contributed by atoms with Crippen LogP contribution in [0.2, 0.25) is 5.02 Å². The Kier molecular flexibility index (Phi) is 6.03. The fourth-order valence-corrected chi connectivity index (χ4v) is 3.12. The van der Waals surface area contributed by atoms with Gasteiger partial charge in [0.1, 0.15) is 0 Å². The molecule has 1 aliphatic rings. The number of carbonyl (C=O) groups is 1. The van der Waals surface area contributed by atoms with Crippen LogP contribution >= 0.6 is 11.6 Å². The van der Waals surface area contributed by atoms with E-state index in [2.05, 4.69) is 10.6 Å². The van der Waals surface area contributed by atoms with Crippen molar-refractivity contribution in [1.29, 1.82) is 0 Å². The Balaban J connectivity index is 1.75. The third-order valence-electron chi connectivity index (χ3n) is 4.00. The van der Waals surface area contributed by atoms with Crippen molar-refractivity contribution in [3.63, 3.8) is 0 Å². The summed E-state index contributed by atoms with van der Waals surface area (Å²) in [5.74, 6) is 0.0422. The highest BCUT2D eigenvalue weighted by Crippen LogP contribution is 2.23. The highest BCUT2D eigenvalue weighted by molar-refractivity contribution is 6.31. The molecule has 21 heavy (non-hydrogen) atoms. The lowest BCUT2D eigenvalue weighted by Gasteiger charge is -2.30. The largest absolute Gasteiger partial charge is 0.387 e. The zero-order valence-corrected chi connectivity index (χ0v) is 13.1. The zero-order valence-electron chi connectivity index (χ0n) is 12.3. The monoisotopic (exact) mass is 310 g/mol. The van der Waals surface area contributed by atoms with Crippen LogP contribution in [0.4, 0.5) is 0 Å². The summed E-state index contributed by atoms with van der Waals surface area (Å²) in [7, 11) is 0. The average molecular weight is 311 g/mol. The minimum absolute atomic E-state index is 0.0422. The minimum Gasteiger partial charge on any atom is -0.387 e.